The van der Waals surface area contributed by atoms with Crippen molar-refractivity contribution in [3.8, 4) is 17.9 Å². The molecule has 1 fully saturated rings. The molecule has 2 aromatic carbocycles. The Kier molecular flexibility index (Phi) is 6.39. The molecule has 2 aromatic rings. The number of aryl methyl sites for hydroxylation is 2. The molecule has 0 spiro atoms. The van der Waals surface area contributed by atoms with Crippen LogP contribution in [0.4, 0.5) is 5.69 Å². The molecule has 146 valence electrons. The molecule has 0 heterocycles. The number of halogens is 1. The quantitative estimate of drug-likeness (QED) is 0.258. The highest BCUT2D eigenvalue weighted by molar-refractivity contribution is 14.1. The van der Waals surface area contributed by atoms with Crippen molar-refractivity contribution < 1.29 is 4.79 Å². The lowest BCUT2D eigenvalue weighted by atomic mass is 10.0. The van der Waals surface area contributed by atoms with Crippen molar-refractivity contribution in [3.05, 3.63) is 61.7 Å². The third-order valence-electron chi connectivity index (χ3n) is 5.03. The van der Waals surface area contributed by atoms with Gasteiger partial charge in [0.15, 0.2) is 0 Å². The number of anilines is 1. The van der Waals surface area contributed by atoms with Crippen LogP contribution in [0.5, 0.6) is 0 Å². The van der Waals surface area contributed by atoms with Gasteiger partial charge in [0.05, 0.1) is 17.3 Å². The van der Waals surface area contributed by atoms with Gasteiger partial charge in [-0.05, 0) is 109 Å². The van der Waals surface area contributed by atoms with E-state index in [-0.39, 0.29) is 5.91 Å². The molecule has 1 saturated carbocycles. The molecule has 29 heavy (non-hydrogen) atoms. The minimum absolute atomic E-state index is 0.322. The summed E-state index contributed by atoms with van der Waals surface area (Å²) in [5.74, 6) is 6.05. The minimum Gasteiger partial charge on any atom is -0.271 e. The molecule has 1 aliphatic rings. The van der Waals surface area contributed by atoms with Gasteiger partial charge in [0.1, 0.15) is 5.84 Å². The number of amidine groups is 1. The highest BCUT2D eigenvalue weighted by atomic mass is 127. The van der Waals surface area contributed by atoms with Crippen LogP contribution in [0.25, 0.3) is 0 Å². The SMILES string of the molecule is CC#CC(=O)N(C(=NC)c1cc(C#N)ccc1C)c1cc(C)c(I)cc1C1CC1. The maximum absolute atomic E-state index is 13.2. The Bertz CT molecular complexity index is 1110. The smallest absolute Gasteiger partial charge is 0.271 e. The van der Waals surface area contributed by atoms with Crippen LogP contribution in [0.3, 0.4) is 0 Å². The van der Waals surface area contributed by atoms with Crippen molar-refractivity contribution in [3.63, 3.8) is 0 Å². The average molecular weight is 495 g/mol. The number of carbonyl (C=O) groups is 1. The molecular formula is C24H22IN3O. The van der Waals surface area contributed by atoms with E-state index in [0.29, 0.717) is 17.3 Å². The van der Waals surface area contributed by atoms with E-state index in [2.05, 4.69) is 57.6 Å². The highest BCUT2D eigenvalue weighted by Crippen LogP contribution is 2.46. The second-order valence-electron chi connectivity index (χ2n) is 7.14. The van der Waals surface area contributed by atoms with E-state index in [4.69, 9.17) is 0 Å². The van der Waals surface area contributed by atoms with Gasteiger partial charge < -0.3 is 0 Å². The molecule has 0 saturated heterocycles. The molecule has 0 bridgehead atoms. The average Bonchev–Trinajstić information content (AvgIpc) is 3.54. The molecule has 0 aliphatic heterocycles. The van der Waals surface area contributed by atoms with E-state index in [1.807, 2.05) is 19.9 Å². The molecule has 0 radical (unpaired) electrons. The van der Waals surface area contributed by atoms with Crippen molar-refractivity contribution >= 4 is 40.0 Å². The van der Waals surface area contributed by atoms with Crippen molar-refractivity contribution in [2.24, 2.45) is 4.99 Å². The summed E-state index contributed by atoms with van der Waals surface area (Å²) in [4.78, 5) is 19.3. The first kappa shape index (κ1) is 21.1. The van der Waals surface area contributed by atoms with Gasteiger partial charge in [0, 0.05) is 16.2 Å². The Labute approximate surface area is 185 Å². The van der Waals surface area contributed by atoms with Crippen LogP contribution in [-0.2, 0) is 4.79 Å². The van der Waals surface area contributed by atoms with E-state index in [1.54, 1.807) is 31.0 Å². The summed E-state index contributed by atoms with van der Waals surface area (Å²) >= 11 is 2.34. The first-order chi connectivity index (χ1) is 13.9. The van der Waals surface area contributed by atoms with Crippen LogP contribution >= 0.6 is 22.6 Å². The number of carbonyl (C=O) groups excluding carboxylic acids is 1. The molecule has 0 N–H and O–H groups in total. The van der Waals surface area contributed by atoms with Crippen LogP contribution < -0.4 is 4.90 Å². The maximum Gasteiger partial charge on any atom is 0.308 e. The lowest BCUT2D eigenvalue weighted by Crippen LogP contribution is -2.38. The summed E-state index contributed by atoms with van der Waals surface area (Å²) in [7, 11) is 1.67. The van der Waals surface area contributed by atoms with E-state index in [1.165, 1.54) is 3.57 Å². The van der Waals surface area contributed by atoms with Gasteiger partial charge in [-0.2, -0.15) is 5.26 Å². The first-order valence-corrected chi connectivity index (χ1v) is 10.5. The van der Waals surface area contributed by atoms with Crippen LogP contribution in [0.2, 0.25) is 0 Å². The zero-order valence-electron chi connectivity index (χ0n) is 17.0. The zero-order chi connectivity index (χ0) is 21.1. The molecular weight excluding hydrogens is 473 g/mol. The maximum atomic E-state index is 13.2. The third kappa shape index (κ3) is 4.36. The van der Waals surface area contributed by atoms with E-state index in [9.17, 15) is 10.1 Å². The fraction of sp³-hybridized carbons (Fsp3) is 0.292. The number of hydrogen-bond acceptors (Lipinski definition) is 3. The topological polar surface area (TPSA) is 56.5 Å². The number of rotatable bonds is 3. The summed E-state index contributed by atoms with van der Waals surface area (Å²) in [5, 5.41) is 9.35. The van der Waals surface area contributed by atoms with Crippen molar-refractivity contribution in [1.82, 2.24) is 0 Å². The van der Waals surface area contributed by atoms with E-state index >= 15 is 0 Å². The largest absolute Gasteiger partial charge is 0.308 e. The third-order valence-corrected chi connectivity index (χ3v) is 6.19. The standard InChI is InChI=1S/C24H22IN3O/c1-5-6-23(29)28(22-11-16(3)21(25)13-20(22)18-9-10-18)24(27-4)19-12-17(14-26)8-7-15(19)2/h7-8,11-13,18H,9-10H2,1-4H3. The van der Waals surface area contributed by atoms with E-state index < -0.39 is 0 Å². The molecule has 3 rings (SSSR count). The number of aliphatic imine (C=N–C) groups is 1. The Hall–Kier alpha value is -2.64. The zero-order valence-corrected chi connectivity index (χ0v) is 19.2. The summed E-state index contributed by atoms with van der Waals surface area (Å²) in [6.07, 6.45) is 2.24. The van der Waals surface area contributed by atoms with Gasteiger partial charge in [-0.1, -0.05) is 12.0 Å². The molecule has 5 heteroatoms. The number of amides is 1. The Morgan fingerprint density at radius 3 is 2.52 bits per heavy atom. The molecule has 4 nitrogen and oxygen atoms in total. The monoisotopic (exact) mass is 495 g/mol. The van der Waals surface area contributed by atoms with Crippen molar-refractivity contribution in [1.29, 1.82) is 5.26 Å². The lowest BCUT2D eigenvalue weighted by Gasteiger charge is -2.26. The molecule has 1 aliphatic carbocycles. The van der Waals surface area contributed by atoms with Gasteiger partial charge >= 0.3 is 5.91 Å². The summed E-state index contributed by atoms with van der Waals surface area (Å²) in [5.41, 5.74) is 5.33. The van der Waals surface area contributed by atoms with Crippen molar-refractivity contribution in [2.45, 2.75) is 39.5 Å². The summed E-state index contributed by atoms with van der Waals surface area (Å²) < 4.78 is 1.18. The second kappa shape index (κ2) is 8.80. The minimum atomic E-state index is -0.322. The molecule has 0 atom stereocenters. The molecule has 1 amide bonds. The van der Waals surface area contributed by atoms with Gasteiger partial charge in [0.2, 0.25) is 0 Å². The Balaban J connectivity index is 2.27. The Morgan fingerprint density at radius 2 is 1.93 bits per heavy atom. The van der Waals surface area contributed by atoms with Gasteiger partial charge in [-0.3, -0.25) is 14.7 Å². The highest BCUT2D eigenvalue weighted by Gasteiger charge is 2.32. The normalized spacial score (nSPS) is 13.3. The number of hydrogen-bond donors (Lipinski definition) is 0. The fourth-order valence-corrected chi connectivity index (χ4v) is 3.84. The summed E-state index contributed by atoms with van der Waals surface area (Å²) in [6.45, 7) is 5.65. The fourth-order valence-electron chi connectivity index (χ4n) is 3.35. The van der Waals surface area contributed by atoms with Gasteiger partial charge in [-0.15, -0.1) is 0 Å². The van der Waals surface area contributed by atoms with Gasteiger partial charge in [0.25, 0.3) is 0 Å². The predicted octanol–water partition coefficient (Wildman–Crippen LogP) is 5.09. The number of benzene rings is 2. The van der Waals surface area contributed by atoms with Gasteiger partial charge in [-0.25, -0.2) is 0 Å². The number of nitrogens with zero attached hydrogens (tertiary/aromatic N) is 3. The molecule has 0 unspecified atom stereocenters. The second-order valence-corrected chi connectivity index (χ2v) is 8.30. The van der Waals surface area contributed by atoms with Crippen LogP contribution in [0.1, 0.15) is 53.5 Å². The summed E-state index contributed by atoms with van der Waals surface area (Å²) in [6, 6.07) is 11.8. The Morgan fingerprint density at radius 1 is 1.21 bits per heavy atom. The first-order valence-electron chi connectivity index (χ1n) is 9.46. The van der Waals surface area contributed by atoms with Crippen molar-refractivity contribution in [2.75, 3.05) is 11.9 Å². The number of nitriles is 1. The van der Waals surface area contributed by atoms with Crippen LogP contribution in [-0.4, -0.2) is 18.8 Å². The van der Waals surface area contributed by atoms with Crippen LogP contribution in [0, 0.1) is 40.6 Å². The van der Waals surface area contributed by atoms with Crippen LogP contribution in [0.15, 0.2) is 35.3 Å². The lowest BCUT2D eigenvalue weighted by molar-refractivity contribution is -0.112. The van der Waals surface area contributed by atoms with E-state index in [0.717, 1.165) is 40.8 Å². The molecule has 0 aromatic heterocycles. The predicted molar refractivity (Wildman–Crippen MR) is 125 cm³/mol.